The first-order valence-electron chi connectivity index (χ1n) is 11.3. The Morgan fingerprint density at radius 3 is 2.75 bits per heavy atom. The molecule has 0 saturated carbocycles. The molecule has 188 valence electrons. The molecule has 0 spiro atoms. The van der Waals surface area contributed by atoms with Crippen LogP contribution in [0.5, 0.6) is 0 Å². The Kier molecular flexibility index (Phi) is 6.93. The highest BCUT2D eigenvalue weighted by Crippen LogP contribution is 2.30. The summed E-state index contributed by atoms with van der Waals surface area (Å²) in [5.74, 6) is -0.626. The van der Waals surface area contributed by atoms with Crippen molar-refractivity contribution in [3.63, 3.8) is 0 Å². The van der Waals surface area contributed by atoms with E-state index < -0.39 is 5.91 Å². The highest BCUT2D eigenvalue weighted by atomic mass is 35.5. The SMILES string of the molecule is C=CC(=O)N1CC[C@@H](n2nc(C(=O)Nc3cc(Cl)c(CC(=O)N(C)C)cc3C)c3c(N)ncnc32)C1. The van der Waals surface area contributed by atoms with Crippen LogP contribution >= 0.6 is 11.6 Å². The third-order valence-electron chi connectivity index (χ3n) is 6.21. The van der Waals surface area contributed by atoms with Crippen LogP contribution in [0.1, 0.15) is 34.1 Å². The van der Waals surface area contributed by atoms with Crippen LogP contribution in [0.25, 0.3) is 11.0 Å². The van der Waals surface area contributed by atoms with E-state index in [1.54, 1.807) is 35.8 Å². The van der Waals surface area contributed by atoms with Crippen molar-refractivity contribution in [2.45, 2.75) is 25.8 Å². The van der Waals surface area contributed by atoms with E-state index in [9.17, 15) is 14.4 Å². The van der Waals surface area contributed by atoms with E-state index in [0.717, 1.165) is 5.56 Å². The van der Waals surface area contributed by atoms with Crippen LogP contribution in [-0.2, 0) is 16.0 Å². The van der Waals surface area contributed by atoms with Crippen molar-refractivity contribution >= 4 is 51.9 Å². The molecule has 1 atom stereocenters. The first-order chi connectivity index (χ1) is 17.1. The number of nitrogens with zero attached hydrogens (tertiary/aromatic N) is 6. The van der Waals surface area contributed by atoms with Crippen molar-refractivity contribution in [2.75, 3.05) is 38.2 Å². The number of rotatable bonds is 6. The summed E-state index contributed by atoms with van der Waals surface area (Å²) in [5.41, 5.74) is 8.48. The van der Waals surface area contributed by atoms with Gasteiger partial charge in [-0.2, -0.15) is 5.10 Å². The van der Waals surface area contributed by atoms with Gasteiger partial charge in [0.15, 0.2) is 11.3 Å². The zero-order chi connectivity index (χ0) is 26.1. The second-order valence-electron chi connectivity index (χ2n) is 8.86. The summed E-state index contributed by atoms with van der Waals surface area (Å²) in [5, 5.41) is 8.09. The van der Waals surface area contributed by atoms with Gasteiger partial charge in [0.1, 0.15) is 12.1 Å². The summed E-state index contributed by atoms with van der Waals surface area (Å²) >= 11 is 6.42. The molecule has 4 rings (SSSR count). The van der Waals surface area contributed by atoms with Crippen LogP contribution < -0.4 is 11.1 Å². The van der Waals surface area contributed by atoms with E-state index in [4.69, 9.17) is 17.3 Å². The molecule has 0 bridgehead atoms. The highest BCUT2D eigenvalue weighted by molar-refractivity contribution is 6.32. The number of nitrogens with one attached hydrogen (secondary N) is 1. The number of amides is 3. The molecule has 1 aliphatic heterocycles. The molecule has 0 unspecified atom stereocenters. The molecule has 1 aromatic carbocycles. The molecule has 3 N–H and O–H groups in total. The maximum absolute atomic E-state index is 13.4. The Hall–Kier alpha value is -3.99. The Morgan fingerprint density at radius 2 is 2.06 bits per heavy atom. The third kappa shape index (κ3) is 4.74. The number of carbonyl (C=O) groups is 3. The second-order valence-corrected chi connectivity index (χ2v) is 9.27. The number of hydrogen-bond acceptors (Lipinski definition) is 7. The molecule has 3 aromatic rings. The van der Waals surface area contributed by atoms with Crippen LogP contribution in [0.3, 0.4) is 0 Å². The van der Waals surface area contributed by atoms with E-state index in [1.165, 1.54) is 17.3 Å². The number of aryl methyl sites for hydroxylation is 1. The highest BCUT2D eigenvalue weighted by Gasteiger charge is 2.31. The van der Waals surface area contributed by atoms with Gasteiger partial charge in [-0.05, 0) is 36.6 Å². The lowest BCUT2D eigenvalue weighted by Crippen LogP contribution is -2.27. The van der Waals surface area contributed by atoms with Gasteiger partial charge >= 0.3 is 0 Å². The third-order valence-corrected chi connectivity index (χ3v) is 6.56. The number of hydrogen-bond donors (Lipinski definition) is 2. The summed E-state index contributed by atoms with van der Waals surface area (Å²) < 4.78 is 1.63. The summed E-state index contributed by atoms with van der Waals surface area (Å²) in [4.78, 5) is 49.0. The van der Waals surface area contributed by atoms with Crippen LogP contribution in [0.15, 0.2) is 31.1 Å². The molecule has 0 aliphatic carbocycles. The Balaban J connectivity index is 1.65. The number of fused-ring (bicyclic) bond motifs is 1. The number of anilines is 2. The number of aromatic nitrogens is 4. The first-order valence-corrected chi connectivity index (χ1v) is 11.7. The monoisotopic (exact) mass is 510 g/mol. The van der Waals surface area contributed by atoms with Crippen molar-refractivity contribution < 1.29 is 14.4 Å². The topological polar surface area (TPSA) is 139 Å². The van der Waals surface area contributed by atoms with Gasteiger partial charge in [0.2, 0.25) is 11.8 Å². The zero-order valence-electron chi connectivity index (χ0n) is 20.3. The predicted octanol–water partition coefficient (Wildman–Crippen LogP) is 2.21. The lowest BCUT2D eigenvalue weighted by atomic mass is 10.1. The van der Waals surface area contributed by atoms with E-state index in [-0.39, 0.29) is 35.8 Å². The van der Waals surface area contributed by atoms with Crippen LogP contribution in [0, 0.1) is 6.92 Å². The molecule has 0 radical (unpaired) electrons. The number of halogens is 1. The lowest BCUT2D eigenvalue weighted by molar-refractivity contribution is -0.128. The molecular formula is C24H27ClN8O3. The Labute approximate surface area is 212 Å². The summed E-state index contributed by atoms with van der Waals surface area (Å²) in [6.45, 7) is 6.31. The quantitative estimate of drug-likeness (QED) is 0.484. The van der Waals surface area contributed by atoms with Crippen LogP contribution in [0.4, 0.5) is 11.5 Å². The number of nitrogen functional groups attached to an aromatic ring is 1. The fourth-order valence-corrected chi connectivity index (χ4v) is 4.42. The maximum Gasteiger partial charge on any atom is 0.277 e. The fraction of sp³-hybridized carbons (Fsp3) is 0.333. The van der Waals surface area contributed by atoms with Crippen LogP contribution in [0.2, 0.25) is 5.02 Å². The van der Waals surface area contributed by atoms with Crippen molar-refractivity contribution in [3.05, 3.63) is 53.0 Å². The van der Waals surface area contributed by atoms with Gasteiger partial charge in [-0.1, -0.05) is 24.2 Å². The Morgan fingerprint density at radius 1 is 1.31 bits per heavy atom. The summed E-state index contributed by atoms with van der Waals surface area (Å²) in [6, 6.07) is 3.20. The van der Waals surface area contributed by atoms with Crippen molar-refractivity contribution in [1.29, 1.82) is 0 Å². The van der Waals surface area contributed by atoms with E-state index in [1.807, 2.05) is 6.92 Å². The average Bonchev–Trinajstić information content (AvgIpc) is 3.47. The number of likely N-dealkylation sites (tertiary alicyclic amines) is 1. The minimum Gasteiger partial charge on any atom is -0.383 e. The molecule has 3 amide bonds. The number of carbonyl (C=O) groups excluding carboxylic acids is 3. The molecule has 1 aliphatic rings. The van der Waals surface area contributed by atoms with Crippen LogP contribution in [-0.4, -0.2) is 74.5 Å². The lowest BCUT2D eigenvalue weighted by Gasteiger charge is -2.15. The predicted molar refractivity (Wildman–Crippen MR) is 137 cm³/mol. The van der Waals surface area contributed by atoms with Gasteiger partial charge in [0.25, 0.3) is 5.91 Å². The summed E-state index contributed by atoms with van der Waals surface area (Å²) in [6.07, 6.45) is 3.38. The number of nitrogens with two attached hydrogens (primary N) is 1. The molecule has 12 heteroatoms. The fourth-order valence-electron chi connectivity index (χ4n) is 4.19. The molecule has 11 nitrogen and oxygen atoms in total. The van der Waals surface area contributed by atoms with Gasteiger partial charge in [-0.3, -0.25) is 14.4 Å². The second kappa shape index (κ2) is 9.94. The van der Waals surface area contributed by atoms with E-state index >= 15 is 0 Å². The molecule has 3 heterocycles. The van der Waals surface area contributed by atoms with Crippen molar-refractivity contribution in [3.8, 4) is 0 Å². The average molecular weight is 511 g/mol. The first kappa shape index (κ1) is 25.1. The van der Waals surface area contributed by atoms with Gasteiger partial charge in [-0.25, -0.2) is 14.6 Å². The molecule has 1 fully saturated rings. The summed E-state index contributed by atoms with van der Waals surface area (Å²) in [7, 11) is 3.36. The standard InChI is InChI=1S/C24H27ClN8O3/c1-5-18(34)32-7-6-15(11-32)33-23-20(22(26)27-12-28-23)21(30-33)24(36)29-17-10-16(25)14(8-13(17)2)9-19(35)31(3)4/h5,8,10,12,15H,1,6-7,9,11H2,2-4H3,(H,29,36)(H2,26,27,28)/t15-/m1/s1. The number of benzene rings is 1. The van der Waals surface area contributed by atoms with Gasteiger partial charge in [0, 0.05) is 37.9 Å². The molecular weight excluding hydrogens is 484 g/mol. The van der Waals surface area contributed by atoms with E-state index in [2.05, 4.69) is 27.0 Å². The smallest absolute Gasteiger partial charge is 0.277 e. The van der Waals surface area contributed by atoms with Crippen molar-refractivity contribution in [1.82, 2.24) is 29.5 Å². The maximum atomic E-state index is 13.4. The van der Waals surface area contributed by atoms with Gasteiger partial charge < -0.3 is 20.9 Å². The molecule has 2 aromatic heterocycles. The van der Waals surface area contributed by atoms with Crippen molar-refractivity contribution in [2.24, 2.45) is 0 Å². The largest absolute Gasteiger partial charge is 0.383 e. The molecule has 1 saturated heterocycles. The Bertz CT molecular complexity index is 1380. The minimum absolute atomic E-state index is 0.0685. The molecule has 36 heavy (non-hydrogen) atoms. The number of likely N-dealkylation sites (N-methyl/N-ethyl adjacent to an activating group) is 1. The normalized spacial score (nSPS) is 15.2. The zero-order valence-corrected chi connectivity index (χ0v) is 21.0. The van der Waals surface area contributed by atoms with Gasteiger partial charge in [0.05, 0.1) is 17.8 Å². The van der Waals surface area contributed by atoms with E-state index in [0.29, 0.717) is 46.8 Å². The minimum atomic E-state index is -0.506. The van der Waals surface area contributed by atoms with Gasteiger partial charge in [-0.15, -0.1) is 0 Å².